The van der Waals surface area contributed by atoms with Crippen LogP contribution in [-0.4, -0.2) is 38.7 Å². The number of benzene rings is 1. The Balaban J connectivity index is 1.48. The maximum Gasteiger partial charge on any atom is 0.247 e. The highest BCUT2D eigenvalue weighted by atomic mass is 16.2. The van der Waals surface area contributed by atoms with Gasteiger partial charge in [0, 0.05) is 19.7 Å². The van der Waals surface area contributed by atoms with E-state index in [1.54, 1.807) is 0 Å². The van der Waals surface area contributed by atoms with Crippen LogP contribution < -0.4 is 10.2 Å². The van der Waals surface area contributed by atoms with E-state index in [1.165, 1.54) is 0 Å². The standard InChI is InChI=1S/C24H27N7O/c1-15(2)22-24(32)29-21-16(3)27-20(28-23(21)30(22)4)10-9-17-12-26-31(13-17)14-19-8-6-5-7-18(19)11-25/h5-8,12-13,15,22H,9-10,14H2,1-4H3,(H,29,32)/t22-/m0/s1. The molecule has 4 rings (SSSR count). The number of rotatable bonds is 6. The molecule has 8 heteroatoms. The molecule has 3 aromatic rings. The van der Waals surface area contributed by atoms with Crippen molar-refractivity contribution >= 4 is 17.4 Å². The van der Waals surface area contributed by atoms with E-state index < -0.39 is 0 Å². The second kappa shape index (κ2) is 8.79. The van der Waals surface area contributed by atoms with Crippen molar-refractivity contribution in [2.24, 2.45) is 5.92 Å². The number of nitrogens with one attached hydrogen (secondary N) is 1. The van der Waals surface area contributed by atoms with Crippen LogP contribution in [0.5, 0.6) is 0 Å². The smallest absolute Gasteiger partial charge is 0.247 e. The average Bonchev–Trinajstić information content (AvgIpc) is 3.20. The van der Waals surface area contributed by atoms with E-state index in [2.05, 4.69) is 21.5 Å². The van der Waals surface area contributed by atoms with Gasteiger partial charge in [0.15, 0.2) is 5.82 Å². The molecule has 3 heterocycles. The Labute approximate surface area is 187 Å². The van der Waals surface area contributed by atoms with Gasteiger partial charge in [-0.2, -0.15) is 10.4 Å². The Kier molecular flexibility index (Phi) is 5.91. The van der Waals surface area contributed by atoms with Crippen LogP contribution in [0.2, 0.25) is 0 Å². The van der Waals surface area contributed by atoms with E-state index in [1.807, 2.05) is 74.1 Å². The molecule has 0 spiro atoms. The maximum atomic E-state index is 12.5. The van der Waals surface area contributed by atoms with Gasteiger partial charge in [-0.3, -0.25) is 9.48 Å². The predicted molar refractivity (Wildman–Crippen MR) is 122 cm³/mol. The van der Waals surface area contributed by atoms with Gasteiger partial charge in [-0.05, 0) is 36.5 Å². The molecule has 1 aromatic carbocycles. The second-order valence-corrected chi connectivity index (χ2v) is 8.53. The lowest BCUT2D eigenvalue weighted by Gasteiger charge is -2.36. The van der Waals surface area contributed by atoms with E-state index in [0.717, 1.165) is 34.9 Å². The molecule has 1 atom stereocenters. The number of fused-ring (bicyclic) bond motifs is 1. The Morgan fingerprint density at radius 1 is 1.22 bits per heavy atom. The van der Waals surface area contributed by atoms with Gasteiger partial charge in [-0.1, -0.05) is 32.0 Å². The minimum absolute atomic E-state index is 0.0140. The first-order valence-electron chi connectivity index (χ1n) is 10.8. The zero-order chi connectivity index (χ0) is 22.8. The van der Waals surface area contributed by atoms with Gasteiger partial charge in [0.2, 0.25) is 5.91 Å². The number of nitriles is 1. The summed E-state index contributed by atoms with van der Waals surface area (Å²) in [4.78, 5) is 23.8. The van der Waals surface area contributed by atoms with Crippen LogP contribution in [0.3, 0.4) is 0 Å². The number of hydrogen-bond acceptors (Lipinski definition) is 6. The molecule has 2 aromatic heterocycles. The third-order valence-electron chi connectivity index (χ3n) is 5.81. The van der Waals surface area contributed by atoms with Crippen molar-refractivity contribution in [2.75, 3.05) is 17.3 Å². The summed E-state index contributed by atoms with van der Waals surface area (Å²) >= 11 is 0. The first-order chi connectivity index (χ1) is 15.4. The van der Waals surface area contributed by atoms with Gasteiger partial charge in [0.1, 0.15) is 17.6 Å². The maximum absolute atomic E-state index is 12.5. The Hall–Kier alpha value is -3.73. The number of hydrogen-bond donors (Lipinski definition) is 1. The molecule has 0 radical (unpaired) electrons. The van der Waals surface area contributed by atoms with Crippen molar-refractivity contribution in [3.63, 3.8) is 0 Å². The van der Waals surface area contributed by atoms with Crippen molar-refractivity contribution < 1.29 is 4.79 Å². The van der Waals surface area contributed by atoms with Gasteiger partial charge in [0.05, 0.1) is 30.1 Å². The highest BCUT2D eigenvalue weighted by Crippen LogP contribution is 2.33. The van der Waals surface area contributed by atoms with Crippen molar-refractivity contribution in [2.45, 2.75) is 46.2 Å². The Morgan fingerprint density at radius 3 is 2.75 bits per heavy atom. The molecule has 0 saturated carbocycles. The van der Waals surface area contributed by atoms with E-state index in [0.29, 0.717) is 24.2 Å². The highest BCUT2D eigenvalue weighted by Gasteiger charge is 2.35. The number of carbonyl (C=O) groups is 1. The first kappa shape index (κ1) is 21.5. The summed E-state index contributed by atoms with van der Waals surface area (Å²) in [6, 6.07) is 9.54. The first-order valence-corrected chi connectivity index (χ1v) is 10.8. The van der Waals surface area contributed by atoms with Crippen molar-refractivity contribution in [3.8, 4) is 6.07 Å². The Morgan fingerprint density at radius 2 is 2.00 bits per heavy atom. The molecule has 8 nitrogen and oxygen atoms in total. The van der Waals surface area contributed by atoms with Crippen LogP contribution in [0.25, 0.3) is 0 Å². The fraction of sp³-hybridized carbons (Fsp3) is 0.375. The monoisotopic (exact) mass is 429 g/mol. The summed E-state index contributed by atoms with van der Waals surface area (Å²) in [6.07, 6.45) is 5.27. The summed E-state index contributed by atoms with van der Waals surface area (Å²) in [5, 5.41) is 16.7. The lowest BCUT2D eigenvalue weighted by atomic mass is 9.99. The molecule has 1 aliphatic rings. The summed E-state index contributed by atoms with van der Waals surface area (Å²) < 4.78 is 1.85. The van der Waals surface area contributed by atoms with Gasteiger partial charge in [0.25, 0.3) is 0 Å². The van der Waals surface area contributed by atoms with E-state index in [-0.39, 0.29) is 17.9 Å². The summed E-state index contributed by atoms with van der Waals surface area (Å²) in [5.41, 5.74) is 4.17. The quantitative estimate of drug-likeness (QED) is 0.646. The molecular formula is C24H27N7O. The largest absolute Gasteiger partial charge is 0.346 e. The zero-order valence-corrected chi connectivity index (χ0v) is 18.8. The van der Waals surface area contributed by atoms with E-state index in [9.17, 15) is 10.1 Å². The SMILES string of the molecule is Cc1nc(CCc2cnn(Cc3ccccc3C#N)c2)nc2c1NC(=O)[C@H](C(C)C)N2C. The third kappa shape index (κ3) is 4.19. The number of aromatic nitrogens is 4. The lowest BCUT2D eigenvalue weighted by Crippen LogP contribution is -2.49. The number of aryl methyl sites for hydroxylation is 3. The molecule has 0 saturated heterocycles. The van der Waals surface area contributed by atoms with Crippen LogP contribution in [0.4, 0.5) is 11.5 Å². The summed E-state index contributed by atoms with van der Waals surface area (Å²) in [7, 11) is 1.92. The van der Waals surface area contributed by atoms with Crippen LogP contribution in [0, 0.1) is 24.2 Å². The molecule has 1 N–H and O–H groups in total. The number of nitrogens with zero attached hydrogens (tertiary/aromatic N) is 6. The molecule has 0 aliphatic carbocycles. The minimum Gasteiger partial charge on any atom is -0.346 e. The fourth-order valence-corrected chi connectivity index (χ4v) is 4.20. The van der Waals surface area contributed by atoms with Gasteiger partial charge >= 0.3 is 0 Å². The summed E-state index contributed by atoms with van der Waals surface area (Å²) in [5.74, 6) is 1.67. The third-order valence-corrected chi connectivity index (χ3v) is 5.81. The van der Waals surface area contributed by atoms with Crippen molar-refractivity contribution in [3.05, 3.63) is 64.9 Å². The van der Waals surface area contributed by atoms with Crippen LogP contribution in [-0.2, 0) is 24.2 Å². The topological polar surface area (TPSA) is 99.7 Å². The van der Waals surface area contributed by atoms with Gasteiger partial charge < -0.3 is 10.2 Å². The van der Waals surface area contributed by atoms with Crippen molar-refractivity contribution in [1.29, 1.82) is 5.26 Å². The summed E-state index contributed by atoms with van der Waals surface area (Å²) in [6.45, 7) is 6.53. The number of carbonyl (C=O) groups excluding carboxylic acids is 1. The second-order valence-electron chi connectivity index (χ2n) is 8.53. The molecule has 1 amide bonds. The zero-order valence-electron chi connectivity index (χ0n) is 18.8. The van der Waals surface area contributed by atoms with Gasteiger partial charge in [-0.25, -0.2) is 9.97 Å². The predicted octanol–water partition coefficient (Wildman–Crippen LogP) is 3.10. The number of likely N-dealkylation sites (N-methyl/N-ethyl adjacent to an activating group) is 1. The molecule has 164 valence electrons. The molecular weight excluding hydrogens is 402 g/mol. The molecule has 0 bridgehead atoms. The van der Waals surface area contributed by atoms with Crippen LogP contribution in [0.1, 0.15) is 42.1 Å². The molecule has 0 fully saturated rings. The number of anilines is 2. The molecule has 0 unspecified atom stereocenters. The van der Waals surface area contributed by atoms with Crippen LogP contribution >= 0.6 is 0 Å². The fourth-order valence-electron chi connectivity index (χ4n) is 4.20. The van der Waals surface area contributed by atoms with Crippen LogP contribution in [0.15, 0.2) is 36.7 Å². The normalized spacial score (nSPS) is 15.4. The lowest BCUT2D eigenvalue weighted by molar-refractivity contribution is -0.118. The highest BCUT2D eigenvalue weighted by molar-refractivity contribution is 6.03. The molecule has 1 aliphatic heterocycles. The van der Waals surface area contributed by atoms with Gasteiger partial charge in [-0.15, -0.1) is 0 Å². The van der Waals surface area contributed by atoms with Crippen molar-refractivity contribution in [1.82, 2.24) is 19.7 Å². The van der Waals surface area contributed by atoms with E-state index in [4.69, 9.17) is 4.98 Å². The Bertz CT molecular complexity index is 1190. The molecule has 32 heavy (non-hydrogen) atoms. The average molecular weight is 430 g/mol. The number of amides is 1. The van der Waals surface area contributed by atoms with E-state index >= 15 is 0 Å². The minimum atomic E-state index is -0.251.